The monoisotopic (exact) mass is 383 g/mol. The number of nitrogens with one attached hydrogen (secondary N) is 2. The van der Waals surface area contributed by atoms with Gasteiger partial charge in [0.1, 0.15) is 0 Å². The van der Waals surface area contributed by atoms with Gasteiger partial charge in [0.2, 0.25) is 5.91 Å². The molecule has 1 saturated heterocycles. The molecule has 1 fully saturated rings. The maximum Gasteiger partial charge on any atom is 0.234 e. The van der Waals surface area contributed by atoms with Crippen molar-refractivity contribution in [2.45, 2.75) is 60.1 Å². The lowest BCUT2D eigenvalue weighted by atomic mass is 10.0. The zero-order valence-corrected chi connectivity index (χ0v) is 18.3. The van der Waals surface area contributed by atoms with E-state index in [1.165, 1.54) is 0 Å². The lowest BCUT2D eigenvalue weighted by Crippen LogP contribution is -2.54. The van der Waals surface area contributed by atoms with Crippen molar-refractivity contribution in [3.63, 3.8) is 0 Å². The topological polar surface area (TPSA) is 69.2 Å². The van der Waals surface area contributed by atoms with Crippen LogP contribution in [0.15, 0.2) is 4.99 Å². The fourth-order valence-electron chi connectivity index (χ4n) is 3.24. The van der Waals surface area contributed by atoms with Gasteiger partial charge in [-0.2, -0.15) is 0 Å². The van der Waals surface area contributed by atoms with Gasteiger partial charge in [-0.3, -0.25) is 14.7 Å². The minimum Gasteiger partial charge on any atom is -0.378 e. The van der Waals surface area contributed by atoms with Gasteiger partial charge in [-0.1, -0.05) is 13.8 Å². The Morgan fingerprint density at radius 3 is 2.30 bits per heavy atom. The molecule has 7 heteroatoms. The second-order valence-electron chi connectivity index (χ2n) is 7.75. The number of guanidine groups is 1. The van der Waals surface area contributed by atoms with Crippen LogP contribution in [-0.2, 0) is 9.53 Å². The quantitative estimate of drug-likeness (QED) is 0.442. The second-order valence-corrected chi connectivity index (χ2v) is 7.75. The van der Waals surface area contributed by atoms with Crippen LogP contribution in [0.25, 0.3) is 0 Å². The van der Waals surface area contributed by atoms with Crippen molar-refractivity contribution >= 4 is 11.9 Å². The van der Waals surface area contributed by atoms with Gasteiger partial charge in [-0.15, -0.1) is 0 Å². The summed E-state index contributed by atoms with van der Waals surface area (Å²) in [5.41, 5.74) is 0. The van der Waals surface area contributed by atoms with Crippen molar-refractivity contribution in [3.05, 3.63) is 0 Å². The summed E-state index contributed by atoms with van der Waals surface area (Å²) in [6.45, 7) is 18.9. The Hall–Kier alpha value is -1.34. The van der Waals surface area contributed by atoms with E-state index in [0.717, 1.165) is 58.3 Å². The largest absolute Gasteiger partial charge is 0.378 e. The van der Waals surface area contributed by atoms with Crippen LogP contribution in [0.4, 0.5) is 0 Å². The van der Waals surface area contributed by atoms with E-state index in [1.807, 2.05) is 20.8 Å². The van der Waals surface area contributed by atoms with Gasteiger partial charge in [-0.25, -0.2) is 0 Å². The molecule has 0 radical (unpaired) electrons. The highest BCUT2D eigenvalue weighted by Gasteiger charge is 2.21. The summed E-state index contributed by atoms with van der Waals surface area (Å²) >= 11 is 0. The minimum absolute atomic E-state index is 0.106. The lowest BCUT2D eigenvalue weighted by molar-refractivity contribution is -0.123. The summed E-state index contributed by atoms with van der Waals surface area (Å²) in [6, 6.07) is 0.192. The average Bonchev–Trinajstić information content (AvgIpc) is 2.60. The molecule has 0 aromatic heterocycles. The third-order valence-electron chi connectivity index (χ3n) is 4.62. The number of hydrogen-bond donors (Lipinski definition) is 2. The molecule has 0 spiro atoms. The number of hydrogen-bond acceptors (Lipinski definition) is 4. The van der Waals surface area contributed by atoms with E-state index in [0.29, 0.717) is 12.5 Å². The predicted octanol–water partition coefficient (Wildman–Crippen LogP) is 1.55. The smallest absolute Gasteiger partial charge is 0.234 e. The van der Waals surface area contributed by atoms with Crippen LogP contribution in [0.5, 0.6) is 0 Å². The summed E-state index contributed by atoms with van der Waals surface area (Å²) in [7, 11) is 0. The minimum atomic E-state index is 0.106. The molecule has 0 aromatic rings. The van der Waals surface area contributed by atoms with Crippen LogP contribution in [0.1, 0.15) is 48.0 Å². The summed E-state index contributed by atoms with van der Waals surface area (Å²) in [6.07, 6.45) is 1.20. The number of piperazine rings is 1. The molecule has 0 saturated carbocycles. The predicted molar refractivity (Wildman–Crippen MR) is 112 cm³/mol. The van der Waals surface area contributed by atoms with Crippen LogP contribution in [0.2, 0.25) is 0 Å². The van der Waals surface area contributed by atoms with E-state index in [2.05, 4.69) is 41.2 Å². The van der Waals surface area contributed by atoms with Crippen LogP contribution in [-0.4, -0.2) is 86.2 Å². The van der Waals surface area contributed by atoms with Crippen molar-refractivity contribution in [2.24, 2.45) is 10.9 Å². The lowest BCUT2D eigenvalue weighted by Gasteiger charge is -2.36. The van der Waals surface area contributed by atoms with E-state index >= 15 is 0 Å². The molecule has 0 aromatic carbocycles. The van der Waals surface area contributed by atoms with Gasteiger partial charge in [0, 0.05) is 51.9 Å². The van der Waals surface area contributed by atoms with E-state index in [-0.39, 0.29) is 18.1 Å². The molecule has 2 N–H and O–H groups in total. The Morgan fingerprint density at radius 2 is 1.78 bits per heavy atom. The normalized spacial score (nSPS) is 17.5. The summed E-state index contributed by atoms with van der Waals surface area (Å²) < 4.78 is 5.82. The molecule has 1 aliphatic rings. The Bertz CT molecular complexity index is 446. The Morgan fingerprint density at radius 1 is 1.11 bits per heavy atom. The zero-order valence-electron chi connectivity index (χ0n) is 18.3. The van der Waals surface area contributed by atoms with Crippen molar-refractivity contribution in [2.75, 3.05) is 52.4 Å². The average molecular weight is 384 g/mol. The zero-order chi connectivity index (χ0) is 20.2. The second kappa shape index (κ2) is 12.9. The molecule has 1 amide bonds. The molecule has 0 aliphatic carbocycles. The van der Waals surface area contributed by atoms with Crippen molar-refractivity contribution in [1.82, 2.24) is 20.4 Å². The number of amides is 1. The van der Waals surface area contributed by atoms with Gasteiger partial charge in [0.15, 0.2) is 5.96 Å². The molecule has 1 unspecified atom stereocenters. The Labute approximate surface area is 165 Å². The molecule has 1 heterocycles. The summed E-state index contributed by atoms with van der Waals surface area (Å²) in [5, 5.41) is 6.37. The molecule has 1 aliphatic heterocycles. The van der Waals surface area contributed by atoms with Crippen LogP contribution >= 0.6 is 0 Å². The highest BCUT2D eigenvalue weighted by Crippen LogP contribution is 2.11. The first kappa shape index (κ1) is 23.7. The number of ether oxygens (including phenoxy) is 1. The van der Waals surface area contributed by atoms with Crippen LogP contribution in [0, 0.1) is 5.92 Å². The Kier molecular flexibility index (Phi) is 11.4. The summed E-state index contributed by atoms with van der Waals surface area (Å²) in [4.78, 5) is 21.3. The van der Waals surface area contributed by atoms with Crippen molar-refractivity contribution in [1.29, 1.82) is 0 Å². The fourth-order valence-corrected chi connectivity index (χ4v) is 3.24. The first-order chi connectivity index (χ1) is 12.9. The van der Waals surface area contributed by atoms with E-state index in [9.17, 15) is 4.79 Å². The highest BCUT2D eigenvalue weighted by atomic mass is 16.5. The van der Waals surface area contributed by atoms with E-state index < -0.39 is 0 Å². The number of nitrogens with zero attached hydrogens (tertiary/aromatic N) is 3. The summed E-state index contributed by atoms with van der Waals surface area (Å²) in [5.74, 6) is 1.58. The van der Waals surface area contributed by atoms with Gasteiger partial charge < -0.3 is 20.3 Å². The fraction of sp³-hybridized carbons (Fsp3) is 0.900. The third-order valence-corrected chi connectivity index (χ3v) is 4.62. The Balaban J connectivity index is 2.50. The molecular formula is C20H41N5O2. The SMILES string of the molecule is CCNC(=NCCC(OCC)C(C)C)N1CCN(CC(=O)NC(C)C)CC1. The standard InChI is InChI=1S/C20H41N5O2/c1-7-21-20(22-10-9-18(16(3)4)27-8-2)25-13-11-24(12-14-25)15-19(26)23-17(5)6/h16-18H,7-15H2,1-6H3,(H,21,22)(H,23,26). The first-order valence-electron chi connectivity index (χ1n) is 10.5. The van der Waals surface area contributed by atoms with Gasteiger partial charge in [0.05, 0.1) is 12.6 Å². The number of aliphatic imine (C=N–C) groups is 1. The third kappa shape index (κ3) is 9.42. The maximum atomic E-state index is 11.9. The van der Waals surface area contributed by atoms with Crippen LogP contribution in [0.3, 0.4) is 0 Å². The number of rotatable bonds is 10. The van der Waals surface area contributed by atoms with Gasteiger partial charge in [0.25, 0.3) is 0 Å². The maximum absolute atomic E-state index is 11.9. The highest BCUT2D eigenvalue weighted by molar-refractivity contribution is 5.80. The molecule has 1 atom stereocenters. The molecule has 1 rings (SSSR count). The number of carbonyl (C=O) groups is 1. The van der Waals surface area contributed by atoms with Crippen molar-refractivity contribution < 1.29 is 9.53 Å². The van der Waals surface area contributed by atoms with Gasteiger partial charge >= 0.3 is 0 Å². The van der Waals surface area contributed by atoms with Crippen LogP contribution < -0.4 is 10.6 Å². The molecule has 27 heavy (non-hydrogen) atoms. The molecule has 0 bridgehead atoms. The number of carbonyl (C=O) groups excluding carboxylic acids is 1. The van der Waals surface area contributed by atoms with E-state index in [1.54, 1.807) is 0 Å². The molecule has 7 nitrogen and oxygen atoms in total. The molecule has 158 valence electrons. The van der Waals surface area contributed by atoms with Gasteiger partial charge in [-0.05, 0) is 40.0 Å². The van der Waals surface area contributed by atoms with E-state index in [4.69, 9.17) is 9.73 Å². The van der Waals surface area contributed by atoms with Crippen molar-refractivity contribution in [3.8, 4) is 0 Å². The first-order valence-corrected chi connectivity index (χ1v) is 10.5. The molecular weight excluding hydrogens is 342 g/mol.